The number of aliphatic hydroxyl groups is 2. The summed E-state index contributed by atoms with van der Waals surface area (Å²) in [5.74, 6) is -1.64. The van der Waals surface area contributed by atoms with Gasteiger partial charge in [0, 0.05) is 10.8 Å². The maximum atomic E-state index is 13.6. The lowest BCUT2D eigenvalue weighted by Crippen LogP contribution is -2.40. The number of imide groups is 1. The van der Waals surface area contributed by atoms with Crippen molar-refractivity contribution in [1.82, 2.24) is 4.90 Å². The van der Waals surface area contributed by atoms with Gasteiger partial charge in [0.15, 0.2) is 0 Å². The molecule has 5 rings (SSSR count). The van der Waals surface area contributed by atoms with Crippen LogP contribution < -0.4 is 4.74 Å². The van der Waals surface area contributed by atoms with Gasteiger partial charge in [-0.25, -0.2) is 0 Å². The molecule has 8 heteroatoms. The molecule has 0 spiro atoms. The maximum absolute atomic E-state index is 13.6. The van der Waals surface area contributed by atoms with Gasteiger partial charge in [-0.3, -0.25) is 14.5 Å². The molecule has 1 saturated heterocycles. The summed E-state index contributed by atoms with van der Waals surface area (Å²) in [6, 6.07) is 20.0. The van der Waals surface area contributed by atoms with Crippen molar-refractivity contribution in [3.05, 3.63) is 99.3 Å². The number of hydrogen-bond donors (Lipinski definition) is 3. The van der Waals surface area contributed by atoms with Gasteiger partial charge in [0.1, 0.15) is 18.1 Å². The van der Waals surface area contributed by atoms with E-state index in [4.69, 9.17) is 4.74 Å². The predicted molar refractivity (Wildman–Crippen MR) is 158 cm³/mol. The van der Waals surface area contributed by atoms with Crippen molar-refractivity contribution in [2.24, 2.45) is 17.8 Å². The molecular formula is C33H35NO6S. The van der Waals surface area contributed by atoms with Crippen LogP contribution in [-0.4, -0.2) is 51.4 Å². The molecule has 1 fully saturated rings. The normalized spacial score (nSPS) is 21.8. The Morgan fingerprint density at radius 1 is 1.07 bits per heavy atom. The molecule has 3 aromatic rings. The molecule has 214 valence electrons. The van der Waals surface area contributed by atoms with E-state index in [2.05, 4.69) is 0 Å². The van der Waals surface area contributed by atoms with Crippen LogP contribution in [0.4, 0.5) is 0 Å². The number of aliphatic hydroxyl groups excluding tert-OH is 2. The van der Waals surface area contributed by atoms with Gasteiger partial charge in [-0.15, -0.1) is 11.3 Å². The molecule has 1 aliphatic heterocycles. The second-order valence-electron chi connectivity index (χ2n) is 10.8. The molecule has 2 amide bonds. The average molecular weight is 574 g/mol. The molecule has 2 heterocycles. The highest BCUT2D eigenvalue weighted by Crippen LogP contribution is 2.46. The second kappa shape index (κ2) is 12.9. The summed E-state index contributed by atoms with van der Waals surface area (Å²) in [6.07, 6.45) is 2.36. The molecule has 7 nitrogen and oxygen atoms in total. The minimum atomic E-state index is -0.917. The van der Waals surface area contributed by atoms with Crippen LogP contribution in [-0.2, 0) is 16.1 Å². The Kier molecular flexibility index (Phi) is 9.03. The van der Waals surface area contributed by atoms with Gasteiger partial charge in [-0.05, 0) is 78.6 Å². The van der Waals surface area contributed by atoms with Gasteiger partial charge in [-0.1, -0.05) is 48.0 Å². The lowest BCUT2D eigenvalue weighted by Gasteiger charge is -2.36. The molecule has 0 radical (unpaired) electrons. The summed E-state index contributed by atoms with van der Waals surface area (Å²) < 4.78 is 6.07. The highest BCUT2D eigenvalue weighted by molar-refractivity contribution is 7.09. The SMILES string of the molecule is C/C(=C\c1ccc(O)cc1)CC[C@@H](O)C1=C(COc2ccccc2)C[C@H]2C(=O)N(Cc3cccs3)C(=O)[C@H]2[C@H]1CO. The number of phenols is 1. The van der Waals surface area contributed by atoms with Gasteiger partial charge in [0.2, 0.25) is 11.8 Å². The van der Waals surface area contributed by atoms with Crippen LogP contribution in [0.25, 0.3) is 6.08 Å². The molecule has 1 aliphatic carbocycles. The standard InChI is InChI=1S/C33H35NO6S/c1-21(16-22-10-12-24(36)13-11-22)9-14-29(37)30-23(20-40-25-6-3-2-4-7-25)17-27-31(28(30)19-35)33(39)34(32(27)38)18-26-8-5-15-41-26/h2-8,10-13,15-16,27-29,31,35-37H,9,14,17-20H2,1H3/b21-16+/t27-,28+,29-,31-/m1/s1. The first-order valence-electron chi connectivity index (χ1n) is 13.9. The predicted octanol–water partition coefficient (Wildman–Crippen LogP) is 5.19. The van der Waals surface area contributed by atoms with Crippen LogP contribution in [0.3, 0.4) is 0 Å². The third-order valence-electron chi connectivity index (χ3n) is 8.00. The minimum absolute atomic E-state index is 0.158. The van der Waals surface area contributed by atoms with E-state index in [1.807, 2.05) is 73.0 Å². The van der Waals surface area contributed by atoms with E-state index in [0.717, 1.165) is 21.6 Å². The Balaban J connectivity index is 1.40. The van der Waals surface area contributed by atoms with Crippen LogP contribution in [0.5, 0.6) is 11.5 Å². The minimum Gasteiger partial charge on any atom is -0.508 e. The maximum Gasteiger partial charge on any atom is 0.234 e. The highest BCUT2D eigenvalue weighted by atomic mass is 32.1. The van der Waals surface area contributed by atoms with Crippen molar-refractivity contribution in [2.45, 2.75) is 38.8 Å². The molecule has 0 saturated carbocycles. The zero-order valence-corrected chi connectivity index (χ0v) is 23.8. The van der Waals surface area contributed by atoms with Crippen LogP contribution in [0.15, 0.2) is 88.8 Å². The molecule has 2 aliphatic rings. The van der Waals surface area contributed by atoms with Crippen LogP contribution >= 0.6 is 11.3 Å². The third kappa shape index (κ3) is 6.45. The number of phenolic OH excluding ortho intramolecular Hbond substituents is 1. The van der Waals surface area contributed by atoms with Crippen LogP contribution in [0.2, 0.25) is 0 Å². The van der Waals surface area contributed by atoms with Crippen LogP contribution in [0, 0.1) is 17.8 Å². The van der Waals surface area contributed by atoms with Gasteiger partial charge >= 0.3 is 0 Å². The molecule has 0 unspecified atom stereocenters. The molecule has 1 aromatic heterocycles. The summed E-state index contributed by atoms with van der Waals surface area (Å²) in [6.45, 7) is 2.01. The molecule has 41 heavy (non-hydrogen) atoms. The number of aromatic hydroxyl groups is 1. The van der Waals surface area contributed by atoms with Gasteiger partial charge in [0.25, 0.3) is 0 Å². The van der Waals surface area contributed by atoms with E-state index in [-0.39, 0.29) is 37.3 Å². The Hall–Kier alpha value is -3.72. The van der Waals surface area contributed by atoms with Crippen LogP contribution in [0.1, 0.15) is 36.6 Å². The fraction of sp³-hybridized carbons (Fsp3) is 0.333. The number of thiophene rings is 1. The average Bonchev–Trinajstić information content (AvgIpc) is 3.58. The van der Waals surface area contributed by atoms with Gasteiger partial charge < -0.3 is 20.1 Å². The van der Waals surface area contributed by atoms with E-state index in [1.54, 1.807) is 12.1 Å². The molecule has 3 N–H and O–H groups in total. The van der Waals surface area contributed by atoms with Gasteiger partial charge in [0.05, 0.1) is 31.1 Å². The summed E-state index contributed by atoms with van der Waals surface area (Å²) in [5, 5.41) is 33.6. The summed E-state index contributed by atoms with van der Waals surface area (Å²) in [5.41, 5.74) is 3.36. The van der Waals surface area contributed by atoms with E-state index >= 15 is 0 Å². The number of rotatable bonds is 11. The first-order valence-corrected chi connectivity index (χ1v) is 14.8. The number of carbonyl (C=O) groups is 2. The number of para-hydroxylation sites is 1. The number of ether oxygens (including phenoxy) is 1. The lowest BCUT2D eigenvalue weighted by atomic mass is 9.68. The van der Waals surface area contributed by atoms with Crippen molar-refractivity contribution in [1.29, 1.82) is 0 Å². The summed E-state index contributed by atoms with van der Waals surface area (Å²) in [7, 11) is 0. The zero-order valence-electron chi connectivity index (χ0n) is 23.0. The number of nitrogens with zero attached hydrogens (tertiary/aromatic N) is 1. The van der Waals surface area contributed by atoms with E-state index in [0.29, 0.717) is 30.6 Å². The third-order valence-corrected chi connectivity index (χ3v) is 8.86. The van der Waals surface area contributed by atoms with E-state index < -0.39 is 23.9 Å². The monoisotopic (exact) mass is 573 g/mol. The number of hydrogen-bond acceptors (Lipinski definition) is 7. The van der Waals surface area contributed by atoms with Crippen molar-refractivity contribution in [2.75, 3.05) is 13.2 Å². The first kappa shape index (κ1) is 28.8. The fourth-order valence-corrected chi connectivity index (χ4v) is 6.70. The van der Waals surface area contributed by atoms with Crippen molar-refractivity contribution in [3.8, 4) is 11.5 Å². The Morgan fingerprint density at radius 3 is 2.51 bits per heavy atom. The molecule has 2 aromatic carbocycles. The largest absolute Gasteiger partial charge is 0.508 e. The molecule has 0 bridgehead atoms. The summed E-state index contributed by atoms with van der Waals surface area (Å²) >= 11 is 1.49. The number of carbonyl (C=O) groups excluding carboxylic acids is 2. The summed E-state index contributed by atoms with van der Waals surface area (Å²) in [4.78, 5) is 29.4. The number of likely N-dealkylation sites (tertiary alicyclic amines) is 1. The smallest absolute Gasteiger partial charge is 0.234 e. The Labute approximate surface area is 244 Å². The number of fused-ring (bicyclic) bond motifs is 1. The fourth-order valence-electron chi connectivity index (χ4n) is 6.01. The Bertz CT molecular complexity index is 1410. The Morgan fingerprint density at radius 2 is 1.83 bits per heavy atom. The number of benzene rings is 2. The molecule has 4 atom stereocenters. The van der Waals surface area contributed by atoms with Gasteiger partial charge in [-0.2, -0.15) is 0 Å². The quantitative estimate of drug-likeness (QED) is 0.215. The first-order chi connectivity index (χ1) is 19.9. The number of amides is 2. The van der Waals surface area contributed by atoms with E-state index in [9.17, 15) is 24.9 Å². The number of allylic oxidation sites excluding steroid dienone is 1. The van der Waals surface area contributed by atoms with Crippen molar-refractivity contribution in [3.63, 3.8) is 0 Å². The second-order valence-corrected chi connectivity index (χ2v) is 11.8. The topological polar surface area (TPSA) is 107 Å². The van der Waals surface area contributed by atoms with Crippen molar-refractivity contribution < 1.29 is 29.6 Å². The highest BCUT2D eigenvalue weighted by Gasteiger charge is 2.54. The zero-order chi connectivity index (χ0) is 28.9. The van der Waals surface area contributed by atoms with E-state index in [1.165, 1.54) is 16.2 Å². The van der Waals surface area contributed by atoms with Crippen molar-refractivity contribution >= 4 is 29.2 Å². The lowest BCUT2D eigenvalue weighted by molar-refractivity contribution is -0.140. The molecular weight excluding hydrogens is 538 g/mol.